The second kappa shape index (κ2) is 14.4. The third-order valence-electron chi connectivity index (χ3n) is 8.91. The Kier molecular flexibility index (Phi) is 14.3. The Hall–Kier alpha value is -0.160. The van der Waals surface area contributed by atoms with E-state index < -0.39 is 5.79 Å². The second-order valence-electron chi connectivity index (χ2n) is 12.1. The van der Waals surface area contributed by atoms with Crippen molar-refractivity contribution in [3.05, 3.63) is 0 Å². The van der Waals surface area contributed by atoms with Crippen LogP contribution in [0.1, 0.15) is 121 Å². The molecular formula is C29H60O4. The first-order valence-corrected chi connectivity index (χ1v) is 13.4. The standard InChI is InChI=1S/C27H52O3.CH4O.CH4/c1-9-12-23(20(2)3)26(7,8)27(29-17-18-30-27)16-14-21(4)24(28)19-22-13-10-11-15-25(22,5)6;1-2;/h20-24,28H,9-19H2,1-8H3;2H,1H3;1H4/t21?,22?,23?,24-;;/m1../s1. The van der Waals surface area contributed by atoms with Gasteiger partial charge in [-0.1, -0.05) is 82.1 Å². The molecular weight excluding hydrogens is 412 g/mol. The quantitative estimate of drug-likeness (QED) is 0.328. The van der Waals surface area contributed by atoms with Crippen LogP contribution < -0.4 is 0 Å². The number of hydrogen-bond acceptors (Lipinski definition) is 4. The van der Waals surface area contributed by atoms with Crippen LogP contribution in [0.3, 0.4) is 0 Å². The molecule has 4 atom stereocenters. The molecule has 4 nitrogen and oxygen atoms in total. The molecule has 0 radical (unpaired) electrons. The van der Waals surface area contributed by atoms with Crippen LogP contribution in [0, 0.1) is 34.5 Å². The third-order valence-corrected chi connectivity index (χ3v) is 8.91. The summed E-state index contributed by atoms with van der Waals surface area (Å²) in [6, 6.07) is 0. The zero-order valence-corrected chi connectivity index (χ0v) is 22.9. The van der Waals surface area contributed by atoms with Crippen LogP contribution >= 0.6 is 0 Å². The van der Waals surface area contributed by atoms with Gasteiger partial charge in [0.2, 0.25) is 0 Å². The fourth-order valence-electron chi connectivity index (χ4n) is 6.55. The molecule has 1 saturated heterocycles. The van der Waals surface area contributed by atoms with Crippen LogP contribution in [0.15, 0.2) is 0 Å². The fraction of sp³-hybridized carbons (Fsp3) is 1.00. The van der Waals surface area contributed by atoms with Crippen LogP contribution in [0.5, 0.6) is 0 Å². The van der Waals surface area contributed by atoms with E-state index in [9.17, 15) is 5.11 Å². The highest BCUT2D eigenvalue weighted by Crippen LogP contribution is 2.51. The van der Waals surface area contributed by atoms with Crippen molar-refractivity contribution in [3.63, 3.8) is 0 Å². The van der Waals surface area contributed by atoms with E-state index in [0.29, 0.717) is 36.4 Å². The highest BCUT2D eigenvalue weighted by Gasteiger charge is 2.54. The monoisotopic (exact) mass is 472 g/mol. The predicted molar refractivity (Wildman–Crippen MR) is 141 cm³/mol. The maximum absolute atomic E-state index is 11.1. The lowest BCUT2D eigenvalue weighted by Crippen LogP contribution is -2.51. The van der Waals surface area contributed by atoms with Gasteiger partial charge in [0.15, 0.2) is 5.79 Å². The third kappa shape index (κ3) is 8.19. The van der Waals surface area contributed by atoms with Gasteiger partial charge in [-0.3, -0.25) is 0 Å². The van der Waals surface area contributed by atoms with E-state index >= 15 is 0 Å². The lowest BCUT2D eigenvalue weighted by atomic mass is 9.64. The predicted octanol–water partition coefficient (Wildman–Crippen LogP) is 7.46. The van der Waals surface area contributed by atoms with Gasteiger partial charge in [-0.25, -0.2) is 0 Å². The number of aliphatic hydroxyl groups is 2. The zero-order valence-electron chi connectivity index (χ0n) is 22.9. The Morgan fingerprint density at radius 1 is 1.00 bits per heavy atom. The van der Waals surface area contributed by atoms with Gasteiger partial charge in [-0.15, -0.1) is 0 Å². The van der Waals surface area contributed by atoms with Crippen LogP contribution in [0.2, 0.25) is 0 Å². The highest BCUT2D eigenvalue weighted by atomic mass is 16.7. The molecule has 0 amide bonds. The summed E-state index contributed by atoms with van der Waals surface area (Å²) in [5.74, 6) is 1.55. The molecule has 2 N–H and O–H groups in total. The molecule has 3 unspecified atom stereocenters. The first-order chi connectivity index (χ1) is 15.0. The molecule has 1 heterocycles. The van der Waals surface area contributed by atoms with Crippen molar-refractivity contribution < 1.29 is 19.7 Å². The summed E-state index contributed by atoms with van der Waals surface area (Å²) in [6.45, 7) is 20.0. The minimum absolute atomic E-state index is 0. The molecule has 2 aliphatic rings. The normalized spacial score (nSPS) is 24.9. The summed E-state index contributed by atoms with van der Waals surface area (Å²) in [6.07, 6.45) is 10.2. The first kappa shape index (κ1) is 32.8. The van der Waals surface area contributed by atoms with Crippen LogP contribution in [-0.4, -0.2) is 42.4 Å². The molecule has 33 heavy (non-hydrogen) atoms. The van der Waals surface area contributed by atoms with Crippen LogP contribution in [0.25, 0.3) is 0 Å². The van der Waals surface area contributed by atoms with E-state index in [0.717, 1.165) is 26.4 Å². The lowest BCUT2D eigenvalue weighted by Gasteiger charge is -2.49. The Morgan fingerprint density at radius 3 is 2.06 bits per heavy atom. The van der Waals surface area contributed by atoms with Gasteiger partial charge in [0.05, 0.1) is 19.3 Å². The maximum Gasteiger partial charge on any atom is 0.173 e. The highest BCUT2D eigenvalue weighted by molar-refractivity contribution is 4.96. The maximum atomic E-state index is 11.1. The van der Waals surface area contributed by atoms with E-state index in [2.05, 4.69) is 55.4 Å². The molecule has 0 aromatic carbocycles. The van der Waals surface area contributed by atoms with Crippen molar-refractivity contribution in [2.75, 3.05) is 20.3 Å². The van der Waals surface area contributed by atoms with Crippen molar-refractivity contribution in [3.8, 4) is 0 Å². The molecule has 1 saturated carbocycles. The summed E-state index contributed by atoms with van der Waals surface area (Å²) in [5, 5.41) is 18.1. The van der Waals surface area contributed by atoms with Crippen molar-refractivity contribution in [2.45, 2.75) is 132 Å². The molecule has 0 aromatic rings. The first-order valence-electron chi connectivity index (χ1n) is 13.4. The number of rotatable bonds is 11. The average molecular weight is 473 g/mol. The zero-order chi connectivity index (χ0) is 24.6. The van der Waals surface area contributed by atoms with Gasteiger partial charge in [0.25, 0.3) is 0 Å². The number of hydrogen-bond donors (Lipinski definition) is 2. The average Bonchev–Trinajstić information content (AvgIpc) is 3.23. The Balaban J connectivity index is 0.00000332. The molecule has 2 fully saturated rings. The Morgan fingerprint density at radius 2 is 1.58 bits per heavy atom. The van der Waals surface area contributed by atoms with Gasteiger partial charge in [0.1, 0.15) is 0 Å². The minimum atomic E-state index is -0.519. The van der Waals surface area contributed by atoms with E-state index in [1.165, 1.54) is 38.5 Å². The van der Waals surface area contributed by atoms with Gasteiger partial charge in [-0.05, 0) is 61.2 Å². The van der Waals surface area contributed by atoms with Crippen molar-refractivity contribution >= 4 is 0 Å². The number of ether oxygens (including phenoxy) is 2. The van der Waals surface area contributed by atoms with E-state index in [1.54, 1.807) is 0 Å². The van der Waals surface area contributed by atoms with Gasteiger partial charge in [-0.2, -0.15) is 0 Å². The van der Waals surface area contributed by atoms with Crippen LogP contribution in [0.4, 0.5) is 0 Å². The van der Waals surface area contributed by atoms with Gasteiger partial charge in [0, 0.05) is 18.9 Å². The number of aliphatic hydroxyl groups excluding tert-OH is 2. The lowest BCUT2D eigenvalue weighted by molar-refractivity contribution is -0.254. The summed E-state index contributed by atoms with van der Waals surface area (Å²) >= 11 is 0. The van der Waals surface area contributed by atoms with Crippen molar-refractivity contribution in [1.82, 2.24) is 0 Å². The topological polar surface area (TPSA) is 58.9 Å². The van der Waals surface area contributed by atoms with E-state index in [1.807, 2.05) is 0 Å². The molecule has 1 aliphatic heterocycles. The molecule has 0 spiro atoms. The van der Waals surface area contributed by atoms with E-state index in [-0.39, 0.29) is 24.9 Å². The largest absolute Gasteiger partial charge is 0.400 e. The van der Waals surface area contributed by atoms with Crippen molar-refractivity contribution in [1.29, 1.82) is 0 Å². The van der Waals surface area contributed by atoms with E-state index in [4.69, 9.17) is 14.6 Å². The summed E-state index contributed by atoms with van der Waals surface area (Å²) in [5.41, 5.74) is 0.314. The molecule has 0 bridgehead atoms. The minimum Gasteiger partial charge on any atom is -0.400 e. The van der Waals surface area contributed by atoms with Crippen LogP contribution in [-0.2, 0) is 9.47 Å². The van der Waals surface area contributed by atoms with Gasteiger partial charge < -0.3 is 19.7 Å². The molecule has 4 heteroatoms. The smallest absolute Gasteiger partial charge is 0.173 e. The molecule has 0 aromatic heterocycles. The summed E-state index contributed by atoms with van der Waals surface area (Å²) in [4.78, 5) is 0. The Labute approximate surface area is 207 Å². The van der Waals surface area contributed by atoms with Crippen molar-refractivity contribution in [2.24, 2.45) is 34.5 Å². The second-order valence-corrected chi connectivity index (χ2v) is 12.1. The summed E-state index contributed by atoms with van der Waals surface area (Å²) < 4.78 is 12.8. The SMILES string of the molecule is C.CCCC(C(C)C)C(C)(C)C1(CCC(C)[C@H](O)CC2CCCCC2(C)C)OCCO1.CO. The fourth-order valence-corrected chi connectivity index (χ4v) is 6.55. The molecule has 1 aliphatic carbocycles. The van der Waals surface area contributed by atoms with Gasteiger partial charge >= 0.3 is 0 Å². The summed E-state index contributed by atoms with van der Waals surface area (Å²) in [7, 11) is 1.00. The Bertz CT molecular complexity index is 508. The molecule has 200 valence electrons. The molecule has 2 rings (SSSR count).